The molecule has 3 aromatic heterocycles. The van der Waals surface area contributed by atoms with E-state index in [1.54, 1.807) is 13.3 Å². The first kappa shape index (κ1) is 33.3. The van der Waals surface area contributed by atoms with Crippen molar-refractivity contribution in [3.05, 3.63) is 89.7 Å². The van der Waals surface area contributed by atoms with E-state index in [2.05, 4.69) is 30.2 Å². The third kappa shape index (κ3) is 8.96. The molecule has 5 aromatic rings. The van der Waals surface area contributed by atoms with Crippen molar-refractivity contribution in [2.75, 3.05) is 45.7 Å². The maximum Gasteiger partial charge on any atom is 0.207 e. The number of ether oxygens (including phenoxy) is 1. The molecule has 1 saturated heterocycles. The molecule has 0 aliphatic carbocycles. The van der Waals surface area contributed by atoms with E-state index in [1.165, 1.54) is 12.1 Å². The van der Waals surface area contributed by atoms with Crippen LogP contribution in [0.4, 0.5) is 10.2 Å². The predicted octanol–water partition coefficient (Wildman–Crippen LogP) is 5.58. The molecule has 1 amide bonds. The minimum atomic E-state index is -0.190. The second-order valence-corrected chi connectivity index (χ2v) is 10.6. The summed E-state index contributed by atoms with van der Waals surface area (Å²) in [7, 11) is 3.58. The van der Waals surface area contributed by atoms with Gasteiger partial charge in [-0.25, -0.2) is 14.1 Å². The van der Waals surface area contributed by atoms with Crippen molar-refractivity contribution in [3.63, 3.8) is 0 Å². The lowest BCUT2D eigenvalue weighted by Crippen LogP contribution is -2.32. The van der Waals surface area contributed by atoms with E-state index in [0.717, 1.165) is 79.4 Å². The fourth-order valence-corrected chi connectivity index (χ4v) is 5.08. The number of nitrogens with zero attached hydrogens (tertiary/aromatic N) is 5. The number of hydrogen-bond donors (Lipinski definition) is 2. The Morgan fingerprint density at radius 1 is 1.13 bits per heavy atom. The number of pyridine rings is 1. The van der Waals surface area contributed by atoms with Crippen molar-refractivity contribution in [1.29, 1.82) is 0 Å². The molecule has 4 heterocycles. The molecule has 0 unspecified atom stereocenters. The summed E-state index contributed by atoms with van der Waals surface area (Å²) in [6.07, 6.45) is 4.50. The van der Waals surface area contributed by atoms with Gasteiger partial charge in [0, 0.05) is 70.7 Å². The molecule has 0 bridgehead atoms. The molecule has 1 aliphatic rings. The maximum atomic E-state index is 12.7. The average molecular weight is 616 g/mol. The summed E-state index contributed by atoms with van der Waals surface area (Å²) in [5.74, 6) is 1.37. The smallest absolute Gasteiger partial charge is 0.207 e. The van der Waals surface area contributed by atoms with Gasteiger partial charge in [-0.05, 0) is 62.6 Å². The van der Waals surface area contributed by atoms with Crippen LogP contribution in [0.3, 0.4) is 0 Å². The quantitative estimate of drug-likeness (QED) is 0.207. The first-order chi connectivity index (χ1) is 21.9. The Kier molecular flexibility index (Phi) is 12.2. The maximum absolute atomic E-state index is 12.7. The number of benzene rings is 2. The van der Waals surface area contributed by atoms with E-state index in [0.29, 0.717) is 23.2 Å². The highest BCUT2D eigenvalue weighted by molar-refractivity contribution is 5.78. The molecular formula is C34H42FN7O3. The topological polar surface area (TPSA) is 110 Å². The SMILES string of the molecule is CCOC.CNc1c(C)c(-c2cnc3nc(C)oc3c2)nn1-c1ccccc1.O=CN[C@@H]1CCN(CCc2ccc(F)cc2)C1. The molecule has 238 valence electrons. The van der Waals surface area contributed by atoms with Crippen LogP contribution in [0.15, 0.2) is 71.3 Å². The zero-order valence-electron chi connectivity index (χ0n) is 26.6. The number of aryl methyl sites for hydroxylation is 1. The number of rotatable bonds is 9. The minimum absolute atomic E-state index is 0.190. The van der Waals surface area contributed by atoms with Crippen LogP contribution in [0.5, 0.6) is 0 Å². The Labute approximate surface area is 263 Å². The lowest BCUT2D eigenvalue weighted by molar-refractivity contribution is -0.110. The van der Waals surface area contributed by atoms with Crippen molar-refractivity contribution in [3.8, 4) is 16.9 Å². The number of aromatic nitrogens is 4. The Balaban J connectivity index is 0.000000192. The van der Waals surface area contributed by atoms with Crippen LogP contribution in [0.1, 0.15) is 30.4 Å². The second-order valence-electron chi connectivity index (χ2n) is 10.6. The molecule has 45 heavy (non-hydrogen) atoms. The summed E-state index contributed by atoms with van der Waals surface area (Å²) in [6.45, 7) is 9.54. The van der Waals surface area contributed by atoms with Gasteiger partial charge < -0.3 is 24.7 Å². The molecule has 10 nitrogen and oxygen atoms in total. The van der Waals surface area contributed by atoms with Gasteiger partial charge in [-0.15, -0.1) is 0 Å². The van der Waals surface area contributed by atoms with Gasteiger partial charge in [0.15, 0.2) is 17.1 Å². The third-order valence-corrected chi connectivity index (χ3v) is 7.48. The Hall–Kier alpha value is -4.61. The van der Waals surface area contributed by atoms with Crippen molar-refractivity contribution >= 4 is 23.5 Å². The van der Waals surface area contributed by atoms with Crippen molar-refractivity contribution < 1.29 is 18.3 Å². The summed E-state index contributed by atoms with van der Waals surface area (Å²) >= 11 is 0. The monoisotopic (exact) mass is 615 g/mol. The zero-order valence-corrected chi connectivity index (χ0v) is 26.6. The van der Waals surface area contributed by atoms with Gasteiger partial charge in [0.1, 0.15) is 11.6 Å². The van der Waals surface area contributed by atoms with Gasteiger partial charge in [-0.1, -0.05) is 30.3 Å². The van der Waals surface area contributed by atoms with Crippen LogP contribution in [-0.2, 0) is 16.0 Å². The highest BCUT2D eigenvalue weighted by Gasteiger charge is 2.21. The van der Waals surface area contributed by atoms with Gasteiger partial charge in [0.05, 0.1) is 11.4 Å². The van der Waals surface area contributed by atoms with E-state index in [4.69, 9.17) is 9.52 Å². The fourth-order valence-electron chi connectivity index (χ4n) is 5.08. The third-order valence-electron chi connectivity index (χ3n) is 7.48. The number of para-hydroxylation sites is 1. The van der Waals surface area contributed by atoms with Crippen LogP contribution >= 0.6 is 0 Å². The van der Waals surface area contributed by atoms with Crippen LogP contribution in [0, 0.1) is 19.7 Å². The van der Waals surface area contributed by atoms with E-state index < -0.39 is 0 Å². The van der Waals surface area contributed by atoms with Crippen LogP contribution in [0.25, 0.3) is 28.2 Å². The molecule has 2 N–H and O–H groups in total. The van der Waals surface area contributed by atoms with Crippen LogP contribution in [0.2, 0.25) is 0 Å². The van der Waals surface area contributed by atoms with Crippen molar-refractivity contribution in [2.45, 2.75) is 39.7 Å². The van der Waals surface area contributed by atoms with Crippen LogP contribution < -0.4 is 10.6 Å². The van der Waals surface area contributed by atoms with E-state index in [-0.39, 0.29) is 5.82 Å². The molecular weight excluding hydrogens is 573 g/mol. The standard InChI is InChI=1S/C18H17N5O.C13H17FN2O.C3H8O/c1-11-16(13-9-15-17(20-10-13)21-12(2)24-15)22-23(18(11)19-3)14-7-5-4-6-8-14;14-12-3-1-11(2-4-12)5-7-16-8-6-13(9-16)15-10-17;1-3-4-2/h4-10,19H,1-3H3;1-4,10,13H,5-9H2,(H,15,17);3H2,1-2H3/t;13-;/m.1./s1. The molecule has 0 saturated carbocycles. The number of amides is 1. The van der Waals surface area contributed by atoms with Gasteiger partial charge in [0.2, 0.25) is 6.41 Å². The molecule has 6 rings (SSSR count). The number of nitrogens with one attached hydrogen (secondary N) is 2. The largest absolute Gasteiger partial charge is 0.439 e. The molecule has 1 fully saturated rings. The van der Waals surface area contributed by atoms with Gasteiger partial charge >= 0.3 is 0 Å². The predicted molar refractivity (Wildman–Crippen MR) is 175 cm³/mol. The van der Waals surface area contributed by atoms with E-state index >= 15 is 0 Å². The molecule has 1 aliphatic heterocycles. The number of fused-ring (bicyclic) bond motifs is 1. The number of halogens is 1. The Morgan fingerprint density at radius 2 is 1.87 bits per heavy atom. The van der Waals surface area contributed by atoms with Crippen molar-refractivity contribution in [2.24, 2.45) is 0 Å². The van der Waals surface area contributed by atoms with Crippen LogP contribution in [-0.4, -0.2) is 77.5 Å². The number of likely N-dealkylation sites (tertiary alicyclic amines) is 1. The average Bonchev–Trinajstić information content (AvgIpc) is 3.77. The van der Waals surface area contributed by atoms with Crippen molar-refractivity contribution in [1.82, 2.24) is 30.0 Å². The second kappa shape index (κ2) is 16.5. The molecule has 2 aromatic carbocycles. The van der Waals surface area contributed by atoms with Gasteiger partial charge in [-0.2, -0.15) is 10.1 Å². The zero-order chi connectivity index (χ0) is 32.2. The van der Waals surface area contributed by atoms with Gasteiger partial charge in [-0.3, -0.25) is 4.79 Å². The van der Waals surface area contributed by atoms with E-state index in [1.807, 2.05) is 81.0 Å². The Morgan fingerprint density at radius 3 is 2.53 bits per heavy atom. The number of anilines is 1. The highest BCUT2D eigenvalue weighted by atomic mass is 19.1. The summed E-state index contributed by atoms with van der Waals surface area (Å²) in [5.41, 5.74) is 6.27. The first-order valence-corrected chi connectivity index (χ1v) is 15.1. The summed E-state index contributed by atoms with van der Waals surface area (Å²) < 4.78 is 24.8. The lowest BCUT2D eigenvalue weighted by Gasteiger charge is -2.15. The number of carbonyl (C=O) groups is 1. The highest BCUT2D eigenvalue weighted by Crippen LogP contribution is 2.31. The molecule has 0 radical (unpaired) electrons. The van der Waals surface area contributed by atoms with Gasteiger partial charge in [0.25, 0.3) is 0 Å². The Bertz CT molecular complexity index is 1640. The number of oxazole rings is 1. The summed E-state index contributed by atoms with van der Waals surface area (Å²) in [5, 5.41) is 10.8. The van der Waals surface area contributed by atoms with E-state index in [9.17, 15) is 9.18 Å². The summed E-state index contributed by atoms with van der Waals surface area (Å²) in [4.78, 5) is 21.3. The number of carbonyl (C=O) groups excluding carboxylic acids is 1. The number of hydrogen-bond acceptors (Lipinski definition) is 8. The normalized spacial score (nSPS) is 14.3. The minimum Gasteiger partial charge on any atom is -0.439 e. The molecule has 1 atom stereocenters. The summed E-state index contributed by atoms with van der Waals surface area (Å²) in [6, 6.07) is 18.9. The molecule has 0 spiro atoms. The number of methoxy groups -OCH3 is 1. The first-order valence-electron chi connectivity index (χ1n) is 15.1. The molecule has 11 heteroatoms. The lowest BCUT2D eigenvalue weighted by atomic mass is 10.1. The fraction of sp³-hybridized carbons (Fsp3) is 0.353.